The van der Waals surface area contributed by atoms with Crippen molar-refractivity contribution in [3.05, 3.63) is 17.5 Å². The van der Waals surface area contributed by atoms with E-state index in [2.05, 4.69) is 0 Å². The third kappa shape index (κ3) is 4.31. The van der Waals surface area contributed by atoms with Gasteiger partial charge in [-0.15, -0.1) is 23.1 Å². The number of thiophene rings is 1. The molecule has 0 aliphatic rings. The number of carbonyl (C=O) groups is 1. The monoisotopic (exact) mass is 218 g/mol. The van der Waals surface area contributed by atoms with Gasteiger partial charge in [-0.25, -0.2) is 0 Å². The third-order valence-corrected chi connectivity index (χ3v) is 3.60. The minimum atomic E-state index is -0.959. The molecule has 0 spiro atoms. The predicted octanol–water partition coefficient (Wildman–Crippen LogP) is 1.68. The molecule has 1 heterocycles. The number of thioether (sulfide) groups is 1. The SMILES string of the molecule is O=C(O)CC(O)CSc1cccs1. The Morgan fingerprint density at radius 1 is 1.69 bits per heavy atom. The van der Waals surface area contributed by atoms with Gasteiger partial charge in [-0.1, -0.05) is 6.07 Å². The van der Waals surface area contributed by atoms with Gasteiger partial charge < -0.3 is 10.2 Å². The standard InChI is InChI=1S/C8H10O3S2/c9-6(4-7(10)11)5-13-8-2-1-3-12-8/h1-3,6,9H,4-5H2,(H,10,11). The Hall–Kier alpha value is -0.520. The molecular formula is C8H10O3S2. The van der Waals surface area contributed by atoms with Crippen molar-refractivity contribution in [3.8, 4) is 0 Å². The zero-order valence-corrected chi connectivity index (χ0v) is 8.48. The van der Waals surface area contributed by atoms with E-state index in [-0.39, 0.29) is 6.42 Å². The number of rotatable bonds is 5. The number of hydrogen-bond donors (Lipinski definition) is 2. The van der Waals surface area contributed by atoms with Gasteiger partial charge in [0.2, 0.25) is 0 Å². The molecule has 0 bridgehead atoms. The molecule has 1 aromatic heterocycles. The van der Waals surface area contributed by atoms with Gasteiger partial charge in [0, 0.05) is 5.75 Å². The summed E-state index contributed by atoms with van der Waals surface area (Å²) in [7, 11) is 0. The summed E-state index contributed by atoms with van der Waals surface area (Å²) in [5.74, 6) is -0.522. The van der Waals surface area contributed by atoms with Crippen LogP contribution in [0.2, 0.25) is 0 Å². The number of aliphatic hydroxyl groups is 1. The van der Waals surface area contributed by atoms with Gasteiger partial charge in [0.1, 0.15) is 0 Å². The number of carboxylic acids is 1. The second-order valence-corrected chi connectivity index (χ2v) is 4.76. The molecule has 1 aromatic rings. The summed E-state index contributed by atoms with van der Waals surface area (Å²) < 4.78 is 1.10. The maximum Gasteiger partial charge on any atom is 0.306 e. The van der Waals surface area contributed by atoms with Crippen LogP contribution in [0, 0.1) is 0 Å². The molecular weight excluding hydrogens is 208 g/mol. The van der Waals surface area contributed by atoms with E-state index in [4.69, 9.17) is 5.11 Å². The highest BCUT2D eigenvalue weighted by Crippen LogP contribution is 2.24. The van der Waals surface area contributed by atoms with Gasteiger partial charge in [-0.05, 0) is 11.4 Å². The van der Waals surface area contributed by atoms with E-state index in [1.807, 2.05) is 17.5 Å². The zero-order chi connectivity index (χ0) is 9.68. The largest absolute Gasteiger partial charge is 0.481 e. The van der Waals surface area contributed by atoms with Crippen molar-refractivity contribution in [3.63, 3.8) is 0 Å². The molecule has 0 aliphatic carbocycles. The Morgan fingerprint density at radius 2 is 2.46 bits per heavy atom. The Bertz CT molecular complexity index is 258. The highest BCUT2D eigenvalue weighted by molar-refractivity contribution is 8.01. The van der Waals surface area contributed by atoms with Gasteiger partial charge in [0.15, 0.2) is 0 Å². The molecule has 0 fully saturated rings. The fourth-order valence-electron chi connectivity index (χ4n) is 0.784. The van der Waals surface area contributed by atoms with Crippen LogP contribution in [-0.2, 0) is 4.79 Å². The van der Waals surface area contributed by atoms with E-state index >= 15 is 0 Å². The molecule has 0 radical (unpaired) electrons. The number of aliphatic hydroxyl groups excluding tert-OH is 1. The normalized spacial score (nSPS) is 12.7. The van der Waals surface area contributed by atoms with Gasteiger partial charge in [-0.2, -0.15) is 0 Å². The summed E-state index contributed by atoms with van der Waals surface area (Å²) >= 11 is 3.07. The summed E-state index contributed by atoms with van der Waals surface area (Å²) in [6, 6.07) is 3.87. The van der Waals surface area contributed by atoms with Gasteiger partial charge in [-0.3, -0.25) is 4.79 Å². The number of hydrogen-bond acceptors (Lipinski definition) is 4. The lowest BCUT2D eigenvalue weighted by Crippen LogP contribution is -2.15. The van der Waals surface area contributed by atoms with Crippen molar-refractivity contribution >= 4 is 29.1 Å². The van der Waals surface area contributed by atoms with Crippen molar-refractivity contribution in [2.24, 2.45) is 0 Å². The van der Waals surface area contributed by atoms with Crippen LogP contribution in [0.5, 0.6) is 0 Å². The smallest absolute Gasteiger partial charge is 0.306 e. The van der Waals surface area contributed by atoms with E-state index in [1.54, 1.807) is 11.3 Å². The van der Waals surface area contributed by atoms with Crippen LogP contribution in [0.1, 0.15) is 6.42 Å². The summed E-state index contributed by atoms with van der Waals surface area (Å²) in [5, 5.41) is 19.5. The van der Waals surface area contributed by atoms with Crippen LogP contribution < -0.4 is 0 Å². The first-order valence-electron chi connectivity index (χ1n) is 3.74. The van der Waals surface area contributed by atoms with Crippen LogP contribution in [0.3, 0.4) is 0 Å². The van der Waals surface area contributed by atoms with Crippen LogP contribution in [0.15, 0.2) is 21.7 Å². The third-order valence-electron chi connectivity index (χ3n) is 1.32. The van der Waals surface area contributed by atoms with Crippen molar-refractivity contribution in [2.75, 3.05) is 5.75 Å². The van der Waals surface area contributed by atoms with Crippen molar-refractivity contribution in [1.82, 2.24) is 0 Å². The van der Waals surface area contributed by atoms with E-state index < -0.39 is 12.1 Å². The van der Waals surface area contributed by atoms with Crippen molar-refractivity contribution in [1.29, 1.82) is 0 Å². The average molecular weight is 218 g/mol. The molecule has 1 atom stereocenters. The van der Waals surface area contributed by atoms with E-state index in [0.29, 0.717) is 5.75 Å². The second-order valence-electron chi connectivity index (χ2n) is 2.49. The molecule has 2 N–H and O–H groups in total. The first-order valence-corrected chi connectivity index (χ1v) is 5.61. The van der Waals surface area contributed by atoms with Crippen LogP contribution in [0.25, 0.3) is 0 Å². The molecule has 72 valence electrons. The molecule has 1 unspecified atom stereocenters. The van der Waals surface area contributed by atoms with Gasteiger partial charge >= 0.3 is 5.97 Å². The highest BCUT2D eigenvalue weighted by atomic mass is 32.2. The molecule has 3 nitrogen and oxygen atoms in total. The average Bonchev–Trinajstić information content (AvgIpc) is 2.51. The highest BCUT2D eigenvalue weighted by Gasteiger charge is 2.09. The number of aliphatic carboxylic acids is 1. The predicted molar refractivity (Wildman–Crippen MR) is 53.3 cm³/mol. The molecule has 5 heteroatoms. The quantitative estimate of drug-likeness (QED) is 0.738. The lowest BCUT2D eigenvalue weighted by Gasteiger charge is -2.05. The Kier molecular flexibility index (Phi) is 4.27. The second kappa shape index (κ2) is 5.26. The minimum absolute atomic E-state index is 0.182. The molecule has 0 saturated heterocycles. The van der Waals surface area contributed by atoms with E-state index in [0.717, 1.165) is 4.21 Å². The lowest BCUT2D eigenvalue weighted by molar-refractivity contribution is -0.138. The molecule has 0 aliphatic heterocycles. The van der Waals surface area contributed by atoms with E-state index in [1.165, 1.54) is 11.8 Å². The first-order chi connectivity index (χ1) is 6.18. The Labute approximate surface area is 84.4 Å². The minimum Gasteiger partial charge on any atom is -0.481 e. The molecule has 0 aromatic carbocycles. The summed E-state index contributed by atoms with van der Waals surface area (Å²) in [4.78, 5) is 10.2. The fraction of sp³-hybridized carbons (Fsp3) is 0.375. The Morgan fingerprint density at radius 3 is 3.00 bits per heavy atom. The maximum absolute atomic E-state index is 10.2. The maximum atomic E-state index is 10.2. The molecule has 0 saturated carbocycles. The first kappa shape index (κ1) is 10.6. The summed E-state index contributed by atoms with van der Waals surface area (Å²) in [5.41, 5.74) is 0. The molecule has 0 amide bonds. The lowest BCUT2D eigenvalue weighted by atomic mass is 10.3. The van der Waals surface area contributed by atoms with E-state index in [9.17, 15) is 9.90 Å². The van der Waals surface area contributed by atoms with Crippen LogP contribution in [-0.4, -0.2) is 28.0 Å². The van der Waals surface area contributed by atoms with Crippen molar-refractivity contribution in [2.45, 2.75) is 16.7 Å². The zero-order valence-electron chi connectivity index (χ0n) is 6.84. The summed E-state index contributed by atoms with van der Waals surface area (Å²) in [6.45, 7) is 0. The molecule has 1 rings (SSSR count). The van der Waals surface area contributed by atoms with Crippen LogP contribution >= 0.6 is 23.1 Å². The summed E-state index contributed by atoms with van der Waals surface area (Å²) in [6.07, 6.45) is -0.942. The van der Waals surface area contributed by atoms with Gasteiger partial charge in [0.25, 0.3) is 0 Å². The Balaban J connectivity index is 2.22. The molecule has 13 heavy (non-hydrogen) atoms. The fourth-order valence-corrected chi connectivity index (χ4v) is 2.53. The van der Waals surface area contributed by atoms with Gasteiger partial charge in [0.05, 0.1) is 16.7 Å². The number of carboxylic acid groups (broad SMARTS) is 1. The van der Waals surface area contributed by atoms with Crippen molar-refractivity contribution < 1.29 is 15.0 Å². The van der Waals surface area contributed by atoms with Crippen LogP contribution in [0.4, 0.5) is 0 Å². The topological polar surface area (TPSA) is 57.5 Å².